The Morgan fingerprint density at radius 2 is 2.04 bits per heavy atom. The van der Waals surface area contributed by atoms with E-state index in [1.54, 1.807) is 14.0 Å². The molecule has 0 saturated heterocycles. The van der Waals surface area contributed by atoms with E-state index in [4.69, 9.17) is 9.47 Å². The molecule has 0 spiro atoms. The maximum atomic E-state index is 12.0. The second kappa shape index (κ2) is 7.65. The van der Waals surface area contributed by atoms with E-state index < -0.39 is 12.1 Å². The molecule has 1 amide bonds. The maximum Gasteiger partial charge on any atom is 0.312 e. The predicted octanol–water partition coefficient (Wildman–Crippen LogP) is 2.57. The zero-order valence-corrected chi connectivity index (χ0v) is 15.0. The molecule has 7 heteroatoms. The molecule has 2 aromatic rings. The first kappa shape index (κ1) is 17.4. The average molecular weight is 360 g/mol. The number of carbonyl (C=O) groups excluding carboxylic acids is 2. The molecule has 1 saturated carbocycles. The highest BCUT2D eigenvalue weighted by molar-refractivity contribution is 7.13. The molecule has 132 valence electrons. The molecular formula is C18H20N2O4S. The number of aromatic nitrogens is 1. The summed E-state index contributed by atoms with van der Waals surface area (Å²) in [5.74, 6) is 0.0839. The van der Waals surface area contributed by atoms with Crippen LogP contribution >= 0.6 is 11.3 Å². The van der Waals surface area contributed by atoms with E-state index in [0.717, 1.165) is 29.2 Å². The number of thiazole rings is 1. The fourth-order valence-corrected chi connectivity index (χ4v) is 3.07. The number of esters is 1. The van der Waals surface area contributed by atoms with Crippen LogP contribution in [0.4, 0.5) is 0 Å². The molecule has 1 aliphatic carbocycles. The number of ether oxygens (including phenoxy) is 2. The summed E-state index contributed by atoms with van der Waals surface area (Å²) >= 11 is 1.46. The van der Waals surface area contributed by atoms with Crippen molar-refractivity contribution in [2.24, 2.45) is 0 Å². The van der Waals surface area contributed by atoms with Gasteiger partial charge in [-0.2, -0.15) is 0 Å². The number of hydrogen-bond donors (Lipinski definition) is 1. The van der Waals surface area contributed by atoms with E-state index in [1.165, 1.54) is 11.3 Å². The molecule has 1 atom stereocenters. The molecule has 6 nitrogen and oxygen atoms in total. The lowest BCUT2D eigenvalue weighted by Crippen LogP contribution is -2.37. The molecule has 0 radical (unpaired) electrons. The third kappa shape index (κ3) is 4.79. The largest absolute Gasteiger partial charge is 0.497 e. The summed E-state index contributed by atoms with van der Waals surface area (Å²) in [4.78, 5) is 28.3. The SMILES string of the molecule is COc1ccc(-c2nc(CC(=O)O[C@@H](C)C(=O)NC3CC3)cs2)cc1. The van der Waals surface area contributed by atoms with E-state index in [0.29, 0.717) is 5.69 Å². The van der Waals surface area contributed by atoms with Gasteiger partial charge in [-0.05, 0) is 44.0 Å². The van der Waals surface area contributed by atoms with E-state index in [2.05, 4.69) is 10.3 Å². The molecule has 25 heavy (non-hydrogen) atoms. The number of rotatable bonds is 7. The molecule has 1 heterocycles. The number of benzene rings is 1. The van der Waals surface area contributed by atoms with Gasteiger partial charge in [-0.15, -0.1) is 11.3 Å². The third-order valence-corrected chi connectivity index (χ3v) is 4.76. The summed E-state index contributed by atoms with van der Waals surface area (Å²) in [6, 6.07) is 7.82. The Hall–Kier alpha value is -2.41. The zero-order chi connectivity index (χ0) is 17.8. The van der Waals surface area contributed by atoms with E-state index >= 15 is 0 Å². The molecule has 1 aromatic carbocycles. The van der Waals surface area contributed by atoms with Crippen molar-refractivity contribution in [3.63, 3.8) is 0 Å². The van der Waals surface area contributed by atoms with E-state index in [9.17, 15) is 9.59 Å². The monoisotopic (exact) mass is 360 g/mol. The molecule has 0 bridgehead atoms. The first-order valence-electron chi connectivity index (χ1n) is 8.14. The summed E-state index contributed by atoms with van der Waals surface area (Å²) in [7, 11) is 1.62. The van der Waals surface area contributed by atoms with Crippen molar-refractivity contribution in [2.75, 3.05) is 7.11 Å². The highest BCUT2D eigenvalue weighted by atomic mass is 32.1. The molecule has 1 aliphatic rings. The summed E-state index contributed by atoms with van der Waals surface area (Å²) in [5.41, 5.74) is 1.60. The van der Waals surface area contributed by atoms with Crippen LogP contribution in [0.1, 0.15) is 25.5 Å². The maximum absolute atomic E-state index is 12.0. The molecular weight excluding hydrogens is 340 g/mol. The van der Waals surface area contributed by atoms with Crippen molar-refractivity contribution >= 4 is 23.2 Å². The van der Waals surface area contributed by atoms with Crippen molar-refractivity contribution in [1.82, 2.24) is 10.3 Å². The summed E-state index contributed by atoms with van der Waals surface area (Å²) in [6.07, 6.45) is 1.26. The topological polar surface area (TPSA) is 77.5 Å². The van der Waals surface area contributed by atoms with E-state index in [1.807, 2.05) is 29.6 Å². The Morgan fingerprint density at radius 3 is 2.68 bits per heavy atom. The first-order chi connectivity index (χ1) is 12.0. The molecule has 3 rings (SSSR count). The lowest BCUT2D eigenvalue weighted by molar-refractivity contribution is -0.154. The lowest BCUT2D eigenvalue weighted by atomic mass is 10.2. The van der Waals surface area contributed by atoms with Crippen LogP contribution in [-0.4, -0.2) is 36.1 Å². The Kier molecular flexibility index (Phi) is 5.33. The Bertz CT molecular complexity index is 753. The molecule has 1 N–H and O–H groups in total. The number of hydrogen-bond acceptors (Lipinski definition) is 6. The number of nitrogens with zero attached hydrogens (tertiary/aromatic N) is 1. The number of carbonyl (C=O) groups is 2. The lowest BCUT2D eigenvalue weighted by Gasteiger charge is -2.12. The van der Waals surface area contributed by atoms with Crippen molar-refractivity contribution in [2.45, 2.75) is 38.3 Å². The minimum absolute atomic E-state index is 0.0493. The van der Waals surface area contributed by atoms with E-state index in [-0.39, 0.29) is 18.4 Å². The fourth-order valence-electron chi connectivity index (χ4n) is 2.24. The van der Waals surface area contributed by atoms with Gasteiger partial charge in [0.05, 0.1) is 19.2 Å². The highest BCUT2D eigenvalue weighted by Crippen LogP contribution is 2.26. The van der Waals surface area contributed by atoms with Crippen molar-refractivity contribution in [3.8, 4) is 16.3 Å². The van der Waals surface area contributed by atoms with Gasteiger partial charge in [0.15, 0.2) is 6.10 Å². The summed E-state index contributed by atoms with van der Waals surface area (Å²) in [5, 5.41) is 5.47. The van der Waals surface area contributed by atoms with Crippen LogP contribution in [0, 0.1) is 0 Å². The Morgan fingerprint density at radius 1 is 1.32 bits per heavy atom. The van der Waals surface area contributed by atoms with Crippen molar-refractivity contribution in [1.29, 1.82) is 0 Å². The van der Waals surface area contributed by atoms with Crippen LogP contribution in [0.25, 0.3) is 10.6 Å². The summed E-state index contributed by atoms with van der Waals surface area (Å²) in [6.45, 7) is 1.58. The van der Waals surface area contributed by atoms with Gasteiger partial charge in [-0.3, -0.25) is 9.59 Å². The van der Waals surface area contributed by atoms with Gasteiger partial charge < -0.3 is 14.8 Å². The van der Waals surface area contributed by atoms with Crippen LogP contribution in [0.15, 0.2) is 29.6 Å². The number of methoxy groups -OCH3 is 1. The minimum atomic E-state index is -0.784. The van der Waals surface area contributed by atoms with Gasteiger partial charge >= 0.3 is 5.97 Å². The van der Waals surface area contributed by atoms with Crippen LogP contribution in [0.3, 0.4) is 0 Å². The van der Waals surface area contributed by atoms with Gasteiger partial charge in [0.25, 0.3) is 5.91 Å². The second-order valence-corrected chi connectivity index (χ2v) is 6.82. The first-order valence-corrected chi connectivity index (χ1v) is 9.02. The highest BCUT2D eigenvalue weighted by Gasteiger charge is 2.27. The molecule has 1 aromatic heterocycles. The molecule has 0 aliphatic heterocycles. The van der Waals surface area contributed by atoms with Crippen LogP contribution < -0.4 is 10.1 Å². The van der Waals surface area contributed by atoms with Gasteiger partial charge in [-0.25, -0.2) is 4.98 Å². The minimum Gasteiger partial charge on any atom is -0.497 e. The molecule has 0 unspecified atom stereocenters. The van der Waals surface area contributed by atoms with Crippen molar-refractivity contribution < 1.29 is 19.1 Å². The Balaban J connectivity index is 1.54. The Labute approximate surface area is 150 Å². The van der Waals surface area contributed by atoms with Gasteiger partial charge in [0.2, 0.25) is 0 Å². The van der Waals surface area contributed by atoms with Gasteiger partial charge in [-0.1, -0.05) is 0 Å². The smallest absolute Gasteiger partial charge is 0.312 e. The standard InChI is InChI=1S/C18H20N2O4S/c1-11(17(22)19-13-5-6-13)24-16(21)9-14-10-25-18(20-14)12-3-7-15(23-2)8-4-12/h3-4,7-8,10-11,13H,5-6,9H2,1-2H3,(H,19,22)/t11-/m0/s1. The normalized spacial score (nSPS) is 14.6. The second-order valence-electron chi connectivity index (χ2n) is 5.96. The average Bonchev–Trinajstić information content (AvgIpc) is 3.30. The zero-order valence-electron chi connectivity index (χ0n) is 14.2. The van der Waals surface area contributed by atoms with Crippen molar-refractivity contribution in [3.05, 3.63) is 35.3 Å². The quantitative estimate of drug-likeness (QED) is 0.768. The number of amides is 1. The van der Waals surface area contributed by atoms with Crippen LogP contribution in [0.2, 0.25) is 0 Å². The van der Waals surface area contributed by atoms with Gasteiger partial charge in [0, 0.05) is 17.0 Å². The summed E-state index contributed by atoms with van der Waals surface area (Å²) < 4.78 is 10.3. The van der Waals surface area contributed by atoms with Crippen LogP contribution in [0.5, 0.6) is 5.75 Å². The molecule has 1 fully saturated rings. The third-order valence-electron chi connectivity index (χ3n) is 3.82. The predicted molar refractivity (Wildman–Crippen MR) is 94.5 cm³/mol. The number of nitrogens with one attached hydrogen (secondary N) is 1. The van der Waals surface area contributed by atoms with Gasteiger partial charge in [0.1, 0.15) is 10.8 Å². The van der Waals surface area contributed by atoms with Crippen LogP contribution in [-0.2, 0) is 20.7 Å². The fraction of sp³-hybridized carbons (Fsp3) is 0.389.